The van der Waals surface area contributed by atoms with E-state index in [4.69, 9.17) is 18.9 Å². The van der Waals surface area contributed by atoms with Gasteiger partial charge in [0.1, 0.15) is 11.3 Å². The molecular formula is C26H26N2O3. The number of aromatic nitrogens is 1. The van der Waals surface area contributed by atoms with Crippen LogP contribution in [0.4, 0.5) is 6.01 Å². The topological polar surface area (TPSA) is 47.7 Å². The molecule has 1 aliphatic carbocycles. The Morgan fingerprint density at radius 3 is 2.74 bits per heavy atom. The summed E-state index contributed by atoms with van der Waals surface area (Å²) in [5, 5.41) is 0. The zero-order valence-electron chi connectivity index (χ0n) is 17.9. The van der Waals surface area contributed by atoms with Crippen molar-refractivity contribution in [1.82, 2.24) is 4.98 Å². The fourth-order valence-electron chi connectivity index (χ4n) is 4.02. The van der Waals surface area contributed by atoms with E-state index in [1.807, 2.05) is 19.9 Å². The van der Waals surface area contributed by atoms with Gasteiger partial charge < -0.3 is 13.9 Å². The van der Waals surface area contributed by atoms with Crippen LogP contribution in [0.2, 0.25) is 0 Å². The summed E-state index contributed by atoms with van der Waals surface area (Å²) < 4.78 is 17.5. The molecule has 0 spiro atoms. The Balaban J connectivity index is 1.44. The van der Waals surface area contributed by atoms with Gasteiger partial charge in [-0.15, -0.1) is 0 Å². The second-order valence-corrected chi connectivity index (χ2v) is 7.68. The minimum Gasteiger partial charge on any atom is -0.493 e. The fourth-order valence-corrected chi connectivity index (χ4v) is 4.02. The summed E-state index contributed by atoms with van der Waals surface area (Å²) in [7, 11) is 0. The molecule has 0 fully saturated rings. The summed E-state index contributed by atoms with van der Waals surface area (Å²) in [6.07, 6.45) is 9.57. The SMILES string of the molecule is CCOCc1ccc(-c2ccc3oc(N4C=C5CC=CC=C5C4)nc3c2)cc1OCC. The van der Waals surface area contributed by atoms with Crippen LogP contribution in [-0.2, 0) is 11.3 Å². The number of hydrogen-bond acceptors (Lipinski definition) is 5. The summed E-state index contributed by atoms with van der Waals surface area (Å²) in [5.41, 5.74) is 7.53. The summed E-state index contributed by atoms with van der Waals surface area (Å²) in [4.78, 5) is 6.86. The van der Waals surface area contributed by atoms with Gasteiger partial charge in [0, 0.05) is 18.4 Å². The second kappa shape index (κ2) is 8.44. The van der Waals surface area contributed by atoms with E-state index in [2.05, 4.69) is 59.7 Å². The van der Waals surface area contributed by atoms with Crippen molar-refractivity contribution in [2.24, 2.45) is 0 Å². The number of oxazole rings is 1. The van der Waals surface area contributed by atoms with E-state index < -0.39 is 0 Å². The molecule has 0 unspecified atom stereocenters. The van der Waals surface area contributed by atoms with Crippen molar-refractivity contribution in [2.45, 2.75) is 26.9 Å². The van der Waals surface area contributed by atoms with Crippen LogP contribution in [0.15, 0.2) is 76.4 Å². The van der Waals surface area contributed by atoms with Gasteiger partial charge in [0.2, 0.25) is 0 Å². The van der Waals surface area contributed by atoms with E-state index in [0.29, 0.717) is 25.8 Å². The number of fused-ring (bicyclic) bond motifs is 2. The van der Waals surface area contributed by atoms with Gasteiger partial charge in [0.05, 0.1) is 19.8 Å². The molecule has 0 radical (unpaired) electrons. The summed E-state index contributed by atoms with van der Waals surface area (Å²) in [5.74, 6) is 0.863. The fraction of sp³-hybridized carbons (Fsp3) is 0.269. The minimum absolute atomic E-state index is 0.551. The molecule has 5 rings (SSSR count). The molecule has 3 aromatic rings. The van der Waals surface area contributed by atoms with Gasteiger partial charge in [-0.1, -0.05) is 36.4 Å². The van der Waals surface area contributed by atoms with Crippen LogP contribution in [0.3, 0.4) is 0 Å². The lowest BCUT2D eigenvalue weighted by molar-refractivity contribution is 0.131. The van der Waals surface area contributed by atoms with E-state index in [1.54, 1.807) is 0 Å². The van der Waals surface area contributed by atoms with Crippen LogP contribution in [0.25, 0.3) is 22.2 Å². The van der Waals surface area contributed by atoms with Crippen molar-refractivity contribution in [3.8, 4) is 16.9 Å². The first-order chi connectivity index (χ1) is 15.2. The van der Waals surface area contributed by atoms with E-state index in [-0.39, 0.29) is 0 Å². The number of rotatable bonds is 7. The van der Waals surface area contributed by atoms with Crippen LogP contribution < -0.4 is 9.64 Å². The van der Waals surface area contributed by atoms with E-state index in [9.17, 15) is 0 Å². The van der Waals surface area contributed by atoms with E-state index in [0.717, 1.165) is 46.5 Å². The molecule has 31 heavy (non-hydrogen) atoms. The maximum Gasteiger partial charge on any atom is 0.302 e. The molecule has 0 amide bonds. The molecule has 5 nitrogen and oxygen atoms in total. The van der Waals surface area contributed by atoms with Gasteiger partial charge in [0.25, 0.3) is 0 Å². The highest BCUT2D eigenvalue weighted by molar-refractivity contribution is 5.82. The maximum atomic E-state index is 6.06. The number of allylic oxidation sites excluding steroid dienone is 3. The largest absolute Gasteiger partial charge is 0.493 e. The first kappa shape index (κ1) is 19.6. The van der Waals surface area contributed by atoms with Crippen LogP contribution in [-0.4, -0.2) is 24.7 Å². The van der Waals surface area contributed by atoms with Gasteiger partial charge in [-0.25, -0.2) is 0 Å². The number of benzene rings is 2. The Bertz CT molecular complexity index is 1200. The standard InChI is InChI=1S/C26H26N2O3/c1-3-29-17-22-10-9-19(14-25(22)30-4-2)18-11-12-24-23(13-18)27-26(31-24)28-15-20-7-5-6-8-21(20)16-28/h5-7,9-14,16H,3-4,8,15,17H2,1-2H3. The Labute approximate surface area is 182 Å². The quantitative estimate of drug-likeness (QED) is 0.473. The lowest BCUT2D eigenvalue weighted by Gasteiger charge is -2.12. The van der Waals surface area contributed by atoms with Crippen LogP contribution in [0.1, 0.15) is 25.8 Å². The Morgan fingerprint density at radius 1 is 1.03 bits per heavy atom. The number of ether oxygens (including phenoxy) is 2. The van der Waals surface area contributed by atoms with Crippen molar-refractivity contribution in [2.75, 3.05) is 24.7 Å². The maximum absolute atomic E-state index is 6.06. The third-order valence-electron chi connectivity index (χ3n) is 5.62. The zero-order chi connectivity index (χ0) is 21.2. The molecule has 0 saturated heterocycles. The van der Waals surface area contributed by atoms with Gasteiger partial charge in [-0.2, -0.15) is 4.98 Å². The van der Waals surface area contributed by atoms with Crippen molar-refractivity contribution >= 4 is 17.1 Å². The molecular weight excluding hydrogens is 388 g/mol. The minimum atomic E-state index is 0.551. The molecule has 0 atom stereocenters. The third kappa shape index (κ3) is 3.89. The monoisotopic (exact) mass is 414 g/mol. The average molecular weight is 415 g/mol. The van der Waals surface area contributed by atoms with E-state index >= 15 is 0 Å². The Morgan fingerprint density at radius 2 is 1.90 bits per heavy atom. The highest BCUT2D eigenvalue weighted by Gasteiger charge is 2.23. The smallest absolute Gasteiger partial charge is 0.302 e. The molecule has 158 valence electrons. The normalized spacial score (nSPS) is 15.2. The molecule has 2 aromatic carbocycles. The predicted octanol–water partition coefficient (Wildman–Crippen LogP) is 6.02. The highest BCUT2D eigenvalue weighted by atomic mass is 16.5. The van der Waals surface area contributed by atoms with Gasteiger partial charge in [-0.05, 0) is 60.7 Å². The van der Waals surface area contributed by atoms with Gasteiger partial charge >= 0.3 is 6.01 Å². The zero-order valence-corrected chi connectivity index (χ0v) is 17.9. The molecule has 0 saturated carbocycles. The Kier molecular flexibility index (Phi) is 5.35. The predicted molar refractivity (Wildman–Crippen MR) is 123 cm³/mol. The first-order valence-corrected chi connectivity index (χ1v) is 10.8. The molecule has 0 bridgehead atoms. The number of nitrogens with zero attached hydrogens (tertiary/aromatic N) is 2. The van der Waals surface area contributed by atoms with Crippen molar-refractivity contribution in [3.05, 3.63) is 77.5 Å². The van der Waals surface area contributed by atoms with Crippen LogP contribution >= 0.6 is 0 Å². The number of anilines is 1. The third-order valence-corrected chi connectivity index (χ3v) is 5.62. The van der Waals surface area contributed by atoms with Gasteiger partial charge in [-0.3, -0.25) is 4.90 Å². The van der Waals surface area contributed by atoms with E-state index in [1.165, 1.54) is 11.1 Å². The van der Waals surface area contributed by atoms with Crippen molar-refractivity contribution in [1.29, 1.82) is 0 Å². The summed E-state index contributed by atoms with van der Waals surface area (Å²) in [6, 6.07) is 13.0. The van der Waals surface area contributed by atoms with Crippen molar-refractivity contribution in [3.63, 3.8) is 0 Å². The molecule has 1 aliphatic heterocycles. The summed E-state index contributed by atoms with van der Waals surface area (Å²) in [6.45, 7) is 6.64. The first-order valence-electron chi connectivity index (χ1n) is 10.8. The highest BCUT2D eigenvalue weighted by Crippen LogP contribution is 2.34. The Hall–Kier alpha value is -3.31. The molecule has 2 aliphatic rings. The molecule has 0 N–H and O–H groups in total. The average Bonchev–Trinajstić information content (AvgIpc) is 3.42. The van der Waals surface area contributed by atoms with Crippen molar-refractivity contribution < 1.29 is 13.9 Å². The number of hydrogen-bond donors (Lipinski definition) is 0. The molecule has 5 heteroatoms. The molecule has 2 heterocycles. The lowest BCUT2D eigenvalue weighted by Crippen LogP contribution is -2.13. The second-order valence-electron chi connectivity index (χ2n) is 7.68. The summed E-state index contributed by atoms with van der Waals surface area (Å²) >= 11 is 0. The lowest BCUT2D eigenvalue weighted by atomic mass is 10.0. The van der Waals surface area contributed by atoms with Gasteiger partial charge in [0.15, 0.2) is 5.58 Å². The van der Waals surface area contributed by atoms with Crippen LogP contribution in [0, 0.1) is 0 Å². The molecule has 1 aromatic heterocycles. The van der Waals surface area contributed by atoms with Crippen LogP contribution in [0.5, 0.6) is 5.75 Å².